The Balaban J connectivity index is 1.91. The molecule has 6 nitrogen and oxygen atoms in total. The van der Waals surface area contributed by atoms with Crippen LogP contribution in [-0.4, -0.2) is 51.5 Å². The Labute approximate surface area is 148 Å². The van der Waals surface area contributed by atoms with Gasteiger partial charge in [-0.05, 0) is 31.4 Å². The van der Waals surface area contributed by atoms with Gasteiger partial charge in [-0.1, -0.05) is 23.7 Å². The van der Waals surface area contributed by atoms with Crippen molar-refractivity contribution in [3.05, 3.63) is 29.3 Å². The Morgan fingerprint density at radius 1 is 1.46 bits per heavy atom. The lowest BCUT2D eigenvalue weighted by Gasteiger charge is -2.35. The average molecular weight is 374 g/mol. The average Bonchev–Trinajstić information content (AvgIpc) is 2.52. The number of amides is 1. The summed E-state index contributed by atoms with van der Waals surface area (Å²) >= 11 is 6.24. The highest BCUT2D eigenvalue weighted by Crippen LogP contribution is 2.27. The van der Waals surface area contributed by atoms with Gasteiger partial charge in [-0.3, -0.25) is 4.79 Å². The summed E-state index contributed by atoms with van der Waals surface area (Å²) in [5.41, 5.74) is 6.76. The van der Waals surface area contributed by atoms with Crippen molar-refractivity contribution in [1.29, 1.82) is 0 Å². The molecule has 1 aliphatic heterocycles. The van der Waals surface area contributed by atoms with E-state index in [0.29, 0.717) is 11.6 Å². The van der Waals surface area contributed by atoms with Gasteiger partial charge in [0.15, 0.2) is 0 Å². The first kappa shape index (κ1) is 19.0. The van der Waals surface area contributed by atoms with Crippen LogP contribution in [0.5, 0.6) is 0 Å². The lowest BCUT2D eigenvalue weighted by Crippen LogP contribution is -2.52. The molecule has 8 heteroatoms. The molecule has 0 saturated carbocycles. The van der Waals surface area contributed by atoms with Crippen molar-refractivity contribution in [2.45, 2.75) is 31.3 Å². The van der Waals surface area contributed by atoms with E-state index >= 15 is 0 Å². The highest BCUT2D eigenvalue weighted by molar-refractivity contribution is 7.90. The Morgan fingerprint density at radius 3 is 2.83 bits per heavy atom. The van der Waals surface area contributed by atoms with Crippen LogP contribution in [0.3, 0.4) is 0 Å². The molecule has 0 spiro atoms. The summed E-state index contributed by atoms with van der Waals surface area (Å²) in [4.78, 5) is 14.3. The van der Waals surface area contributed by atoms with Crippen LogP contribution in [0.4, 0.5) is 5.69 Å². The van der Waals surface area contributed by atoms with Crippen molar-refractivity contribution < 1.29 is 13.2 Å². The molecule has 1 aromatic rings. The standard InChI is InChI=1S/C16H24ClN3O3S/c1-24(22,23)10-8-14(18)16(21)19-12-5-4-9-20(11-12)15-7-3-2-6-13(15)17/h2-3,6-7,12,14H,4-5,8-11,18H2,1H3,(H,19,21). The predicted octanol–water partition coefficient (Wildman–Crippen LogP) is 1.19. The van der Waals surface area contributed by atoms with Gasteiger partial charge in [-0.2, -0.15) is 0 Å². The molecule has 0 aromatic heterocycles. The zero-order chi connectivity index (χ0) is 17.7. The molecule has 2 atom stereocenters. The van der Waals surface area contributed by atoms with Gasteiger partial charge in [-0.15, -0.1) is 0 Å². The first-order valence-electron chi connectivity index (χ1n) is 7.99. The molecule has 1 aromatic carbocycles. The SMILES string of the molecule is CS(=O)(=O)CCC(N)C(=O)NC1CCCN(c2ccccc2Cl)C1. The summed E-state index contributed by atoms with van der Waals surface area (Å²) in [5, 5.41) is 3.62. The van der Waals surface area contributed by atoms with E-state index < -0.39 is 15.9 Å². The summed E-state index contributed by atoms with van der Waals surface area (Å²) in [6, 6.07) is 6.80. The van der Waals surface area contributed by atoms with Gasteiger partial charge >= 0.3 is 0 Å². The molecule has 1 fully saturated rings. The normalized spacial score (nSPS) is 19.8. The molecule has 24 heavy (non-hydrogen) atoms. The Kier molecular flexibility index (Phi) is 6.48. The summed E-state index contributed by atoms with van der Waals surface area (Å²) in [6.07, 6.45) is 3.08. The zero-order valence-corrected chi connectivity index (χ0v) is 15.3. The molecule has 0 radical (unpaired) electrons. The van der Waals surface area contributed by atoms with E-state index in [2.05, 4.69) is 10.2 Å². The fourth-order valence-corrected chi connectivity index (χ4v) is 3.74. The van der Waals surface area contributed by atoms with E-state index in [9.17, 15) is 13.2 Å². The minimum Gasteiger partial charge on any atom is -0.368 e. The van der Waals surface area contributed by atoms with Gasteiger partial charge in [0.1, 0.15) is 9.84 Å². The van der Waals surface area contributed by atoms with Crippen LogP contribution >= 0.6 is 11.6 Å². The number of nitrogens with two attached hydrogens (primary N) is 1. The quantitative estimate of drug-likeness (QED) is 0.781. The van der Waals surface area contributed by atoms with Gasteiger partial charge in [0, 0.05) is 25.4 Å². The molecule has 1 aliphatic rings. The fraction of sp³-hybridized carbons (Fsp3) is 0.562. The number of hydrogen-bond acceptors (Lipinski definition) is 5. The highest BCUT2D eigenvalue weighted by atomic mass is 35.5. The Hall–Kier alpha value is -1.31. The number of nitrogens with zero attached hydrogens (tertiary/aromatic N) is 1. The third-order valence-corrected chi connectivity index (χ3v) is 5.39. The fourth-order valence-electron chi connectivity index (χ4n) is 2.80. The second kappa shape index (κ2) is 8.18. The lowest BCUT2D eigenvalue weighted by molar-refractivity contribution is -0.123. The summed E-state index contributed by atoms with van der Waals surface area (Å²) in [5.74, 6) is -0.387. The summed E-state index contributed by atoms with van der Waals surface area (Å²) in [6.45, 7) is 1.55. The van der Waals surface area contributed by atoms with E-state index in [1.807, 2.05) is 24.3 Å². The van der Waals surface area contributed by atoms with Crippen molar-refractivity contribution in [2.75, 3.05) is 30.0 Å². The molecule has 0 aliphatic carbocycles. The second-order valence-corrected chi connectivity index (χ2v) is 8.94. The number of halogens is 1. The number of hydrogen-bond donors (Lipinski definition) is 2. The minimum absolute atomic E-state index is 0.0215. The molecule has 1 amide bonds. The molecule has 3 N–H and O–H groups in total. The Morgan fingerprint density at radius 2 is 2.17 bits per heavy atom. The molecule has 134 valence electrons. The summed E-state index contributed by atoms with van der Waals surface area (Å²) in [7, 11) is -3.12. The van der Waals surface area contributed by atoms with Crippen LogP contribution in [0.1, 0.15) is 19.3 Å². The molecule has 1 heterocycles. The number of piperidine rings is 1. The molecule has 1 saturated heterocycles. The topological polar surface area (TPSA) is 92.5 Å². The van der Waals surface area contributed by atoms with Crippen LogP contribution in [0.2, 0.25) is 5.02 Å². The number of para-hydroxylation sites is 1. The number of carbonyl (C=O) groups excluding carboxylic acids is 1. The van der Waals surface area contributed by atoms with Crippen LogP contribution < -0.4 is 16.0 Å². The van der Waals surface area contributed by atoms with E-state index in [0.717, 1.165) is 31.3 Å². The molecule has 2 rings (SSSR count). The molecule has 0 bridgehead atoms. The first-order chi connectivity index (χ1) is 11.3. The van der Waals surface area contributed by atoms with Crippen molar-refractivity contribution >= 4 is 33.0 Å². The number of sulfone groups is 1. The van der Waals surface area contributed by atoms with Gasteiger partial charge in [0.25, 0.3) is 0 Å². The van der Waals surface area contributed by atoms with E-state index in [-0.39, 0.29) is 24.1 Å². The highest BCUT2D eigenvalue weighted by Gasteiger charge is 2.25. The van der Waals surface area contributed by atoms with E-state index in [1.54, 1.807) is 0 Å². The van der Waals surface area contributed by atoms with Gasteiger partial charge in [0.05, 0.1) is 22.5 Å². The number of nitrogens with one attached hydrogen (secondary N) is 1. The van der Waals surface area contributed by atoms with Crippen LogP contribution in [0, 0.1) is 0 Å². The monoisotopic (exact) mass is 373 g/mol. The minimum atomic E-state index is -3.12. The van der Waals surface area contributed by atoms with Crippen molar-refractivity contribution in [2.24, 2.45) is 5.73 Å². The zero-order valence-electron chi connectivity index (χ0n) is 13.7. The van der Waals surface area contributed by atoms with E-state index in [1.165, 1.54) is 0 Å². The number of rotatable bonds is 6. The van der Waals surface area contributed by atoms with Crippen LogP contribution in [-0.2, 0) is 14.6 Å². The Bertz CT molecular complexity index is 681. The second-order valence-electron chi connectivity index (χ2n) is 6.27. The third-order valence-electron chi connectivity index (χ3n) is 4.10. The summed E-state index contributed by atoms with van der Waals surface area (Å²) < 4.78 is 22.3. The van der Waals surface area contributed by atoms with Crippen LogP contribution in [0.15, 0.2) is 24.3 Å². The predicted molar refractivity (Wildman–Crippen MR) is 97.1 cm³/mol. The maximum absolute atomic E-state index is 12.2. The third kappa shape index (κ3) is 5.65. The van der Waals surface area contributed by atoms with Crippen molar-refractivity contribution in [3.8, 4) is 0 Å². The van der Waals surface area contributed by atoms with Gasteiger partial charge < -0.3 is 16.0 Å². The smallest absolute Gasteiger partial charge is 0.237 e. The number of carbonyl (C=O) groups is 1. The number of anilines is 1. The number of benzene rings is 1. The van der Waals surface area contributed by atoms with Gasteiger partial charge in [0.2, 0.25) is 5.91 Å². The first-order valence-corrected chi connectivity index (χ1v) is 10.4. The van der Waals surface area contributed by atoms with E-state index in [4.69, 9.17) is 17.3 Å². The van der Waals surface area contributed by atoms with Crippen LogP contribution in [0.25, 0.3) is 0 Å². The molecular formula is C16H24ClN3O3S. The maximum Gasteiger partial charge on any atom is 0.237 e. The van der Waals surface area contributed by atoms with Crippen molar-refractivity contribution in [1.82, 2.24) is 5.32 Å². The van der Waals surface area contributed by atoms with Gasteiger partial charge in [-0.25, -0.2) is 8.42 Å². The molecule has 2 unspecified atom stereocenters. The van der Waals surface area contributed by atoms with Crippen molar-refractivity contribution in [3.63, 3.8) is 0 Å². The maximum atomic E-state index is 12.2. The largest absolute Gasteiger partial charge is 0.368 e. The molecular weight excluding hydrogens is 350 g/mol. The lowest BCUT2D eigenvalue weighted by atomic mass is 10.0.